The maximum Gasteiger partial charge on any atom is 0.304 e. The predicted molar refractivity (Wildman–Crippen MR) is 98.8 cm³/mol. The van der Waals surface area contributed by atoms with Crippen molar-refractivity contribution in [3.8, 4) is 5.88 Å². The van der Waals surface area contributed by atoms with Gasteiger partial charge in [0.15, 0.2) is 12.3 Å². The third-order valence-electron chi connectivity index (χ3n) is 3.78. The van der Waals surface area contributed by atoms with Crippen molar-refractivity contribution in [2.75, 3.05) is 6.61 Å². The topological polar surface area (TPSA) is 99.4 Å². The van der Waals surface area contributed by atoms with Crippen LogP contribution < -0.4 is 0 Å². The smallest absolute Gasteiger partial charge is 0.304 e. The molecule has 0 radical (unpaired) electrons. The average Bonchev–Trinajstić information content (AvgIpc) is 2.95. The van der Waals surface area contributed by atoms with Crippen LogP contribution in [0.4, 0.5) is 5.69 Å². The molecule has 0 bridgehead atoms. The minimum Gasteiger partial charge on any atom is -0.493 e. The Hall–Kier alpha value is -3.48. The number of nitrogens with one attached hydrogen (secondary N) is 1. The molecule has 0 saturated heterocycles. The average molecular weight is 350 g/mol. The van der Waals surface area contributed by atoms with Gasteiger partial charge in [-0.05, 0) is 25.5 Å². The van der Waals surface area contributed by atoms with Gasteiger partial charge < -0.3 is 14.9 Å². The number of H-pyrrole nitrogens is 1. The van der Waals surface area contributed by atoms with Crippen molar-refractivity contribution in [2.45, 2.75) is 13.8 Å². The van der Waals surface area contributed by atoms with Gasteiger partial charge in [-0.15, -0.1) is 10.2 Å². The molecule has 2 aromatic carbocycles. The SMILES string of the molecule is C/C(=N\OCC(=O)N=Nc1c(O)[nH]c2ccccc12)c1ccc(C)cc1. The zero-order valence-electron chi connectivity index (χ0n) is 14.4. The lowest BCUT2D eigenvalue weighted by molar-refractivity contribution is -0.122. The number of nitrogens with zero attached hydrogens (tertiary/aromatic N) is 3. The summed E-state index contributed by atoms with van der Waals surface area (Å²) in [5, 5.41) is 21.9. The molecule has 1 amide bonds. The summed E-state index contributed by atoms with van der Waals surface area (Å²) in [5.41, 5.74) is 3.64. The maximum atomic E-state index is 11.8. The third kappa shape index (κ3) is 3.94. The summed E-state index contributed by atoms with van der Waals surface area (Å²) in [6.45, 7) is 3.46. The molecule has 7 heteroatoms. The molecule has 26 heavy (non-hydrogen) atoms. The number of para-hydroxylation sites is 1. The Kier molecular flexibility index (Phi) is 5.07. The highest BCUT2D eigenvalue weighted by atomic mass is 16.6. The molecule has 0 aliphatic rings. The van der Waals surface area contributed by atoms with Gasteiger partial charge in [-0.2, -0.15) is 0 Å². The summed E-state index contributed by atoms with van der Waals surface area (Å²) in [6.07, 6.45) is 0. The molecule has 1 aromatic heterocycles. The first kappa shape index (κ1) is 17.3. The van der Waals surface area contributed by atoms with Gasteiger partial charge in [-0.25, -0.2) is 0 Å². The van der Waals surface area contributed by atoms with Gasteiger partial charge in [0.1, 0.15) is 0 Å². The summed E-state index contributed by atoms with van der Waals surface area (Å²) in [4.78, 5) is 19.6. The molecule has 2 N–H and O–H groups in total. The van der Waals surface area contributed by atoms with Crippen LogP contribution >= 0.6 is 0 Å². The van der Waals surface area contributed by atoms with Crippen molar-refractivity contribution < 1.29 is 14.7 Å². The molecule has 0 spiro atoms. The number of rotatable bonds is 5. The number of aromatic nitrogens is 1. The van der Waals surface area contributed by atoms with Gasteiger partial charge in [0.2, 0.25) is 5.88 Å². The van der Waals surface area contributed by atoms with E-state index in [2.05, 4.69) is 20.4 Å². The molecular formula is C19H18N4O3. The summed E-state index contributed by atoms with van der Waals surface area (Å²) in [5.74, 6) is -0.743. The molecule has 0 saturated carbocycles. The predicted octanol–water partition coefficient (Wildman–Crippen LogP) is 4.23. The molecule has 0 atom stereocenters. The van der Waals surface area contributed by atoms with Crippen molar-refractivity contribution in [3.63, 3.8) is 0 Å². The van der Waals surface area contributed by atoms with Gasteiger partial charge in [0.25, 0.3) is 0 Å². The van der Waals surface area contributed by atoms with Crippen LogP contribution in [0, 0.1) is 6.92 Å². The van der Waals surface area contributed by atoms with E-state index in [0.717, 1.165) is 11.1 Å². The van der Waals surface area contributed by atoms with Gasteiger partial charge in [-0.3, -0.25) is 4.79 Å². The molecule has 0 aliphatic heterocycles. The lowest BCUT2D eigenvalue weighted by atomic mass is 10.1. The quantitative estimate of drug-likeness (QED) is 0.409. The van der Waals surface area contributed by atoms with E-state index in [9.17, 15) is 9.90 Å². The number of benzene rings is 2. The van der Waals surface area contributed by atoms with Crippen molar-refractivity contribution in [2.24, 2.45) is 15.4 Å². The van der Waals surface area contributed by atoms with Crippen molar-refractivity contribution in [3.05, 3.63) is 59.7 Å². The first-order valence-corrected chi connectivity index (χ1v) is 8.02. The van der Waals surface area contributed by atoms with Gasteiger partial charge >= 0.3 is 5.91 Å². The first-order chi connectivity index (χ1) is 12.5. The highest BCUT2D eigenvalue weighted by Crippen LogP contribution is 2.35. The monoisotopic (exact) mass is 350 g/mol. The Morgan fingerprint density at radius 2 is 1.88 bits per heavy atom. The fourth-order valence-electron chi connectivity index (χ4n) is 2.38. The second kappa shape index (κ2) is 7.60. The number of oxime groups is 1. The summed E-state index contributed by atoms with van der Waals surface area (Å²) in [7, 11) is 0. The summed E-state index contributed by atoms with van der Waals surface area (Å²) < 4.78 is 0. The summed E-state index contributed by atoms with van der Waals surface area (Å²) >= 11 is 0. The van der Waals surface area contributed by atoms with E-state index in [1.807, 2.05) is 43.3 Å². The van der Waals surface area contributed by atoms with Crippen molar-refractivity contribution >= 4 is 28.2 Å². The molecule has 0 fully saturated rings. The number of aromatic amines is 1. The van der Waals surface area contributed by atoms with E-state index < -0.39 is 5.91 Å². The Morgan fingerprint density at radius 1 is 1.15 bits per heavy atom. The Bertz CT molecular complexity index is 988. The van der Waals surface area contributed by atoms with E-state index >= 15 is 0 Å². The maximum absolute atomic E-state index is 11.8. The highest BCUT2D eigenvalue weighted by Gasteiger charge is 2.10. The van der Waals surface area contributed by atoms with E-state index in [-0.39, 0.29) is 18.2 Å². The second-order valence-electron chi connectivity index (χ2n) is 5.78. The second-order valence-corrected chi connectivity index (χ2v) is 5.78. The fraction of sp³-hybridized carbons (Fsp3) is 0.158. The number of aromatic hydroxyl groups is 1. The van der Waals surface area contributed by atoms with Gasteiger partial charge in [0.05, 0.1) is 11.2 Å². The molecule has 7 nitrogen and oxygen atoms in total. The van der Waals surface area contributed by atoms with E-state index in [1.54, 1.807) is 19.1 Å². The minimum atomic E-state index is -0.602. The normalized spacial score (nSPS) is 12.0. The fourth-order valence-corrected chi connectivity index (χ4v) is 2.38. The van der Waals surface area contributed by atoms with E-state index in [0.29, 0.717) is 16.6 Å². The largest absolute Gasteiger partial charge is 0.493 e. The molecule has 0 unspecified atom stereocenters. The zero-order chi connectivity index (χ0) is 18.5. The van der Waals surface area contributed by atoms with Crippen LogP contribution in [0.1, 0.15) is 18.1 Å². The lowest BCUT2D eigenvalue weighted by Gasteiger charge is -2.01. The van der Waals surface area contributed by atoms with Crippen LogP contribution in [0.3, 0.4) is 0 Å². The highest BCUT2D eigenvalue weighted by molar-refractivity contribution is 5.98. The van der Waals surface area contributed by atoms with Crippen LogP contribution in [0.2, 0.25) is 0 Å². The zero-order valence-corrected chi connectivity index (χ0v) is 14.4. The minimum absolute atomic E-state index is 0.142. The van der Waals surface area contributed by atoms with Crippen LogP contribution in [-0.2, 0) is 9.63 Å². The molecular weight excluding hydrogens is 332 g/mol. The van der Waals surface area contributed by atoms with Crippen molar-refractivity contribution in [1.82, 2.24) is 4.98 Å². The number of amides is 1. The number of carbonyl (C=O) groups excluding carboxylic acids is 1. The van der Waals surface area contributed by atoms with E-state index in [1.165, 1.54) is 0 Å². The van der Waals surface area contributed by atoms with Crippen molar-refractivity contribution in [1.29, 1.82) is 0 Å². The Labute approximate surface area is 150 Å². The third-order valence-corrected chi connectivity index (χ3v) is 3.78. The number of fused-ring (bicyclic) bond motifs is 1. The number of hydrogen-bond acceptors (Lipinski definition) is 5. The molecule has 3 rings (SSSR count). The number of azo groups is 1. The number of hydrogen-bond donors (Lipinski definition) is 2. The number of aryl methyl sites for hydroxylation is 1. The summed E-state index contributed by atoms with van der Waals surface area (Å²) in [6, 6.07) is 15.0. The van der Waals surface area contributed by atoms with Crippen LogP contribution in [-0.4, -0.2) is 28.3 Å². The van der Waals surface area contributed by atoms with Crippen LogP contribution in [0.5, 0.6) is 5.88 Å². The Morgan fingerprint density at radius 3 is 2.65 bits per heavy atom. The van der Waals surface area contributed by atoms with Gasteiger partial charge in [0, 0.05) is 5.39 Å². The van der Waals surface area contributed by atoms with Crippen LogP contribution in [0.15, 0.2) is 63.9 Å². The standard InChI is InChI=1S/C19H18N4O3/c1-12-7-9-14(10-8-12)13(2)23-26-11-17(24)21-22-18-15-5-3-4-6-16(15)20-19(18)25/h3-10,20,25H,11H2,1-2H3/b22-21?,23-13+. The lowest BCUT2D eigenvalue weighted by Crippen LogP contribution is -2.04. The molecule has 1 heterocycles. The van der Waals surface area contributed by atoms with E-state index in [4.69, 9.17) is 4.84 Å². The number of carbonyl (C=O) groups is 1. The Balaban J connectivity index is 1.61. The van der Waals surface area contributed by atoms with Gasteiger partial charge in [-0.1, -0.05) is 53.2 Å². The molecule has 132 valence electrons. The molecule has 0 aliphatic carbocycles. The molecule has 3 aromatic rings. The van der Waals surface area contributed by atoms with Crippen LogP contribution in [0.25, 0.3) is 10.9 Å². The first-order valence-electron chi connectivity index (χ1n) is 8.02.